The van der Waals surface area contributed by atoms with E-state index >= 15 is 0 Å². The van der Waals surface area contributed by atoms with Crippen molar-refractivity contribution in [2.45, 2.75) is 6.61 Å². The van der Waals surface area contributed by atoms with E-state index in [1.807, 2.05) is 54.6 Å². The molecule has 0 spiro atoms. The van der Waals surface area contributed by atoms with Gasteiger partial charge in [-0.25, -0.2) is 0 Å². The molecule has 0 bridgehead atoms. The minimum atomic E-state index is 0.395. The Hall–Kier alpha value is -2.88. The highest BCUT2D eigenvalue weighted by atomic mass is 16.5. The molecule has 0 amide bonds. The number of benzene rings is 2. The van der Waals surface area contributed by atoms with Gasteiger partial charge in [0.05, 0.1) is 11.7 Å². The smallest absolute Gasteiger partial charge is 0.318 e. The summed E-state index contributed by atoms with van der Waals surface area (Å²) in [6.45, 7) is 0.461. The van der Waals surface area contributed by atoms with E-state index in [0.29, 0.717) is 12.6 Å². The molecular weight excluding hydrogens is 262 g/mol. The number of fused-ring (bicyclic) bond motifs is 3. The average molecular weight is 274 g/mol. The summed E-state index contributed by atoms with van der Waals surface area (Å²) in [5.41, 5.74) is 3.61. The van der Waals surface area contributed by atoms with Crippen LogP contribution in [0.1, 0.15) is 5.56 Å². The molecule has 0 saturated heterocycles. The molecule has 3 aromatic rings. The van der Waals surface area contributed by atoms with Gasteiger partial charge in [0.15, 0.2) is 0 Å². The van der Waals surface area contributed by atoms with Crippen molar-refractivity contribution >= 4 is 28.3 Å². The summed E-state index contributed by atoms with van der Waals surface area (Å²) in [5.74, 6) is 0. The van der Waals surface area contributed by atoms with Gasteiger partial charge in [-0.2, -0.15) is 10.3 Å². The fraction of sp³-hybridized carbons (Fsp3) is 0.0588. The van der Waals surface area contributed by atoms with Crippen molar-refractivity contribution < 1.29 is 4.74 Å². The van der Waals surface area contributed by atoms with E-state index in [9.17, 15) is 0 Å². The van der Waals surface area contributed by atoms with Crippen LogP contribution in [0, 0.1) is 0 Å². The first kappa shape index (κ1) is 11.9. The van der Waals surface area contributed by atoms with Gasteiger partial charge in [-0.15, -0.1) is 0 Å². The predicted molar refractivity (Wildman–Crippen MR) is 81.9 cm³/mol. The maximum atomic E-state index is 5.68. The summed E-state index contributed by atoms with van der Waals surface area (Å²) >= 11 is 0. The molecule has 1 aromatic heterocycles. The fourth-order valence-electron chi connectivity index (χ4n) is 2.33. The van der Waals surface area contributed by atoms with Crippen LogP contribution in [0.3, 0.4) is 0 Å². The van der Waals surface area contributed by atoms with Gasteiger partial charge >= 0.3 is 6.02 Å². The minimum absolute atomic E-state index is 0.395. The summed E-state index contributed by atoms with van der Waals surface area (Å²) < 4.78 is 5.68. The van der Waals surface area contributed by atoms with Crippen molar-refractivity contribution in [3.63, 3.8) is 0 Å². The monoisotopic (exact) mass is 274 g/mol. The number of hydrogen-bond donors (Lipinski definition) is 0. The van der Waals surface area contributed by atoms with Crippen LogP contribution < -0.4 is 5.32 Å². The van der Waals surface area contributed by atoms with Crippen LogP contribution in [0.2, 0.25) is 0 Å². The lowest BCUT2D eigenvalue weighted by Gasteiger charge is -2.05. The highest BCUT2D eigenvalue weighted by molar-refractivity contribution is 6.03. The molecule has 4 heteroatoms. The van der Waals surface area contributed by atoms with Gasteiger partial charge in [0.2, 0.25) is 0 Å². The lowest BCUT2D eigenvalue weighted by atomic mass is 10.2. The van der Waals surface area contributed by atoms with Crippen LogP contribution in [-0.4, -0.2) is 11.0 Å². The number of ether oxygens (including phenoxy) is 1. The highest BCUT2D eigenvalue weighted by Gasteiger charge is 2.20. The van der Waals surface area contributed by atoms with Crippen LogP contribution in [-0.2, 0) is 11.3 Å². The third kappa shape index (κ3) is 2.21. The highest BCUT2D eigenvalue weighted by Crippen LogP contribution is 2.36. The maximum Gasteiger partial charge on any atom is 0.318 e. The van der Waals surface area contributed by atoms with Crippen molar-refractivity contribution in [2.75, 3.05) is 0 Å². The summed E-state index contributed by atoms with van der Waals surface area (Å²) in [7, 11) is 0. The zero-order valence-electron chi connectivity index (χ0n) is 11.2. The quantitative estimate of drug-likeness (QED) is 0.715. The van der Waals surface area contributed by atoms with Crippen LogP contribution in [0.15, 0.2) is 65.8 Å². The molecular formula is C17H12N3O. The first-order valence-electron chi connectivity index (χ1n) is 6.75. The molecule has 21 heavy (non-hydrogen) atoms. The number of amidine groups is 1. The number of rotatable bonds is 2. The zero-order valence-corrected chi connectivity index (χ0v) is 11.2. The SMILES string of the molecule is c1ccc(COC2=Nc3cnc4ccccc4c3[N]2)cc1. The van der Waals surface area contributed by atoms with E-state index in [2.05, 4.69) is 15.3 Å². The molecule has 1 aliphatic heterocycles. The Morgan fingerprint density at radius 3 is 2.62 bits per heavy atom. The second kappa shape index (κ2) is 4.90. The number of pyridine rings is 1. The Labute approximate surface area is 122 Å². The number of aromatic nitrogens is 1. The lowest BCUT2D eigenvalue weighted by molar-refractivity contribution is 0.283. The van der Waals surface area contributed by atoms with E-state index in [1.54, 1.807) is 6.20 Å². The molecule has 101 valence electrons. The zero-order chi connectivity index (χ0) is 14.1. The largest absolute Gasteiger partial charge is 0.459 e. The number of para-hydroxylation sites is 1. The molecule has 0 fully saturated rings. The van der Waals surface area contributed by atoms with Gasteiger partial charge in [0.25, 0.3) is 0 Å². The van der Waals surface area contributed by atoms with Gasteiger partial charge < -0.3 is 4.74 Å². The Morgan fingerprint density at radius 2 is 1.71 bits per heavy atom. The lowest BCUT2D eigenvalue weighted by Crippen LogP contribution is -2.11. The van der Waals surface area contributed by atoms with Gasteiger partial charge in [-0.3, -0.25) is 4.98 Å². The Morgan fingerprint density at radius 1 is 0.905 bits per heavy atom. The van der Waals surface area contributed by atoms with Crippen LogP contribution in [0.25, 0.3) is 10.9 Å². The molecule has 0 saturated carbocycles. The standard InChI is InChI=1S/C17H12N3O/c1-2-6-12(7-3-1)11-21-17-19-15-10-18-14-9-5-4-8-13(14)16(15)20-17/h1-10H,11H2. The molecule has 0 atom stereocenters. The molecule has 4 rings (SSSR count). The molecule has 4 nitrogen and oxygen atoms in total. The fourth-order valence-corrected chi connectivity index (χ4v) is 2.33. The molecule has 2 heterocycles. The van der Waals surface area contributed by atoms with Gasteiger partial charge in [-0.05, 0) is 11.6 Å². The van der Waals surface area contributed by atoms with Gasteiger partial charge in [0, 0.05) is 5.39 Å². The van der Waals surface area contributed by atoms with E-state index in [1.165, 1.54) is 0 Å². The van der Waals surface area contributed by atoms with E-state index in [-0.39, 0.29) is 0 Å². The van der Waals surface area contributed by atoms with E-state index in [4.69, 9.17) is 4.74 Å². The molecule has 1 radical (unpaired) electrons. The van der Waals surface area contributed by atoms with Crippen molar-refractivity contribution in [3.8, 4) is 0 Å². The predicted octanol–water partition coefficient (Wildman–Crippen LogP) is 3.69. The molecule has 1 aliphatic rings. The van der Waals surface area contributed by atoms with Crippen molar-refractivity contribution in [2.24, 2.45) is 4.99 Å². The van der Waals surface area contributed by atoms with E-state index in [0.717, 1.165) is 27.8 Å². The third-order valence-corrected chi connectivity index (χ3v) is 3.36. The molecule has 0 aliphatic carbocycles. The van der Waals surface area contributed by atoms with Crippen LogP contribution >= 0.6 is 0 Å². The summed E-state index contributed by atoms with van der Waals surface area (Å²) in [4.78, 5) is 8.77. The van der Waals surface area contributed by atoms with Crippen molar-refractivity contribution in [1.29, 1.82) is 0 Å². The second-order valence-corrected chi connectivity index (χ2v) is 4.79. The third-order valence-electron chi connectivity index (χ3n) is 3.36. The first-order chi connectivity index (χ1) is 10.4. The summed E-state index contributed by atoms with van der Waals surface area (Å²) in [6.07, 6.45) is 1.74. The Balaban J connectivity index is 1.57. The van der Waals surface area contributed by atoms with Gasteiger partial charge in [-0.1, -0.05) is 48.5 Å². The maximum absolute atomic E-state index is 5.68. The Bertz CT molecular complexity index is 828. The Kier molecular flexibility index (Phi) is 2.78. The van der Waals surface area contributed by atoms with Crippen molar-refractivity contribution in [1.82, 2.24) is 10.3 Å². The normalized spacial score (nSPS) is 12.7. The number of nitrogens with zero attached hydrogens (tertiary/aromatic N) is 3. The van der Waals surface area contributed by atoms with E-state index < -0.39 is 0 Å². The second-order valence-electron chi connectivity index (χ2n) is 4.79. The first-order valence-corrected chi connectivity index (χ1v) is 6.75. The van der Waals surface area contributed by atoms with Crippen LogP contribution in [0.4, 0.5) is 11.4 Å². The number of aliphatic imine (C=N–C) groups is 1. The topological polar surface area (TPSA) is 48.6 Å². The molecule has 0 unspecified atom stereocenters. The molecule has 0 N–H and O–H groups in total. The average Bonchev–Trinajstić information content (AvgIpc) is 2.97. The van der Waals surface area contributed by atoms with Crippen molar-refractivity contribution in [3.05, 3.63) is 66.4 Å². The summed E-state index contributed by atoms with van der Waals surface area (Å²) in [5, 5.41) is 5.48. The number of hydrogen-bond acceptors (Lipinski definition) is 3. The summed E-state index contributed by atoms with van der Waals surface area (Å²) in [6, 6.07) is 18.3. The van der Waals surface area contributed by atoms with Crippen LogP contribution in [0.5, 0.6) is 0 Å². The molecule has 2 aromatic carbocycles. The minimum Gasteiger partial charge on any atom is -0.459 e. The van der Waals surface area contributed by atoms with Gasteiger partial charge in [0.1, 0.15) is 18.0 Å².